The maximum Gasteiger partial charge on any atom is 0.394 e. The van der Waals surface area contributed by atoms with Gasteiger partial charge in [0.1, 0.15) is 0 Å². The largest absolute Gasteiger partial charge is 0.394 e. The van der Waals surface area contributed by atoms with E-state index in [9.17, 15) is 0 Å². The van der Waals surface area contributed by atoms with Crippen LogP contribution < -0.4 is 6.15 Å². The van der Waals surface area contributed by atoms with Gasteiger partial charge in [0.2, 0.25) is 0 Å². The van der Waals surface area contributed by atoms with Crippen molar-refractivity contribution in [3.05, 3.63) is 0 Å². The second-order valence-corrected chi connectivity index (χ2v) is 2.69. The van der Waals surface area contributed by atoms with Gasteiger partial charge in [0.05, 0.1) is 0 Å². The van der Waals surface area contributed by atoms with Crippen molar-refractivity contribution in [3.63, 3.8) is 0 Å². The molecule has 7 N–H and O–H groups in total. The average molecular weight is 264 g/mol. The van der Waals surface area contributed by atoms with Gasteiger partial charge >= 0.3 is 20.8 Å². The van der Waals surface area contributed by atoms with E-state index in [4.69, 9.17) is 35.0 Å². The van der Waals surface area contributed by atoms with Crippen LogP contribution in [0.2, 0.25) is 0 Å². The molecule has 0 aliphatic carbocycles. The zero-order valence-corrected chi connectivity index (χ0v) is 8.42. The molecule has 0 heterocycles. The molecule has 12 heteroatoms. The van der Waals surface area contributed by atoms with E-state index in [2.05, 4.69) is 0 Å². The van der Waals surface area contributed by atoms with E-state index in [1.807, 2.05) is 0 Å². The van der Waals surface area contributed by atoms with Crippen molar-refractivity contribution in [2.75, 3.05) is 0 Å². The predicted molar refractivity (Wildman–Crippen MR) is 33.4 cm³/mol. The summed E-state index contributed by atoms with van der Waals surface area (Å²) in [6.07, 6.45) is 0. The maximum absolute atomic E-state index is 8.74. The van der Waals surface area contributed by atoms with Crippen LogP contribution >= 0.6 is 0 Å². The van der Waals surface area contributed by atoms with Crippen LogP contribution in [0.15, 0.2) is 0 Å². The van der Waals surface area contributed by atoms with Crippen molar-refractivity contribution in [3.8, 4) is 0 Å². The van der Waals surface area contributed by atoms with Gasteiger partial charge in [-0.3, -0.25) is 18.2 Å². The van der Waals surface area contributed by atoms with Crippen LogP contribution in [-0.2, 0) is 39.4 Å². The molecular formula is H7NO8S2V. The first-order valence-corrected chi connectivity index (χ1v) is 4.19. The van der Waals surface area contributed by atoms with Gasteiger partial charge in [-0.05, 0) is 0 Å². The normalized spacial score (nSPS) is 9.67. The molecule has 0 atom stereocenters. The average Bonchev–Trinajstić information content (AvgIpc) is 1.12. The Kier molecular flexibility index (Phi) is 15.0. The quantitative estimate of drug-likeness (QED) is 0.337. The smallest absolute Gasteiger partial charge is 0.344 e. The minimum absolute atomic E-state index is 0. The van der Waals surface area contributed by atoms with E-state index < -0.39 is 20.8 Å². The molecule has 0 aliphatic heterocycles. The summed E-state index contributed by atoms with van der Waals surface area (Å²) in [7, 11) is -9.33. The number of hydrogen-bond donors (Lipinski definition) is 5. The van der Waals surface area contributed by atoms with Gasteiger partial charge in [-0.15, -0.1) is 0 Å². The third-order valence-corrected chi connectivity index (χ3v) is 0. The molecule has 0 saturated heterocycles. The van der Waals surface area contributed by atoms with Crippen molar-refractivity contribution in [1.82, 2.24) is 6.15 Å². The van der Waals surface area contributed by atoms with Crippen molar-refractivity contribution in [2.45, 2.75) is 0 Å². The molecule has 0 saturated carbocycles. The van der Waals surface area contributed by atoms with Crippen molar-refractivity contribution in [1.29, 1.82) is 0 Å². The minimum atomic E-state index is -4.67. The maximum atomic E-state index is 8.74. The second-order valence-electron chi connectivity index (χ2n) is 0.896. The fraction of sp³-hybridized carbons (Fsp3) is 0. The Bertz CT molecular complexity index is 213. The molecule has 9 nitrogen and oxygen atoms in total. The van der Waals surface area contributed by atoms with Crippen LogP contribution in [0.4, 0.5) is 0 Å². The van der Waals surface area contributed by atoms with Gasteiger partial charge in [0, 0.05) is 18.6 Å². The molecule has 0 aromatic heterocycles. The molecule has 0 bridgehead atoms. The summed E-state index contributed by atoms with van der Waals surface area (Å²) in [5.41, 5.74) is 0. The molecule has 0 spiro atoms. The Morgan fingerprint density at radius 1 is 0.667 bits per heavy atom. The van der Waals surface area contributed by atoms with Gasteiger partial charge in [0.15, 0.2) is 0 Å². The molecule has 1 radical (unpaired) electrons. The first-order chi connectivity index (χ1) is 4.00. The summed E-state index contributed by atoms with van der Waals surface area (Å²) in [5.74, 6) is 0. The molecule has 0 aromatic rings. The molecule has 0 fully saturated rings. The Morgan fingerprint density at radius 3 is 0.667 bits per heavy atom. The molecule has 0 rings (SSSR count). The van der Waals surface area contributed by atoms with E-state index in [1.54, 1.807) is 0 Å². The predicted octanol–water partition coefficient (Wildman–Crippen LogP) is -1.15. The molecule has 0 aromatic carbocycles. The van der Waals surface area contributed by atoms with Gasteiger partial charge in [-0.25, -0.2) is 0 Å². The van der Waals surface area contributed by atoms with Gasteiger partial charge in [0.25, 0.3) is 0 Å². The molecule has 12 heavy (non-hydrogen) atoms. The molecule has 0 unspecified atom stereocenters. The van der Waals surface area contributed by atoms with Crippen molar-refractivity contribution in [2.24, 2.45) is 0 Å². The summed E-state index contributed by atoms with van der Waals surface area (Å²) in [6, 6.07) is 0. The van der Waals surface area contributed by atoms with E-state index in [-0.39, 0.29) is 24.7 Å². The zero-order chi connectivity index (χ0) is 9.00. The molecular weight excluding hydrogens is 257 g/mol. The topological polar surface area (TPSA) is 184 Å². The minimum Gasteiger partial charge on any atom is -0.344 e. The summed E-state index contributed by atoms with van der Waals surface area (Å²) < 4.78 is 63.2. The van der Waals surface area contributed by atoms with Gasteiger partial charge < -0.3 is 6.15 Å². The Hall–Kier alpha value is 0.284. The van der Waals surface area contributed by atoms with E-state index in [0.29, 0.717) is 0 Å². The number of hydrogen-bond acceptors (Lipinski definition) is 5. The third-order valence-electron chi connectivity index (χ3n) is 0. The summed E-state index contributed by atoms with van der Waals surface area (Å²) in [4.78, 5) is 0. The Morgan fingerprint density at radius 2 is 0.667 bits per heavy atom. The van der Waals surface area contributed by atoms with E-state index in [1.165, 1.54) is 0 Å². The summed E-state index contributed by atoms with van der Waals surface area (Å²) >= 11 is 0. The SMILES string of the molecule is N.O=S(=O)(O)O.O=S(=O)(O)O.[V]. The van der Waals surface area contributed by atoms with Crippen LogP contribution in [0.1, 0.15) is 0 Å². The molecule has 0 aliphatic rings. The second kappa shape index (κ2) is 7.91. The van der Waals surface area contributed by atoms with Crippen LogP contribution in [0.3, 0.4) is 0 Å². The van der Waals surface area contributed by atoms with E-state index >= 15 is 0 Å². The first-order valence-electron chi connectivity index (χ1n) is 1.40. The van der Waals surface area contributed by atoms with E-state index in [0.717, 1.165) is 0 Å². The van der Waals surface area contributed by atoms with Crippen LogP contribution in [0.5, 0.6) is 0 Å². The zero-order valence-electron chi connectivity index (χ0n) is 5.39. The van der Waals surface area contributed by atoms with Crippen molar-refractivity contribution >= 4 is 20.8 Å². The molecule has 77 valence electrons. The van der Waals surface area contributed by atoms with Gasteiger partial charge in [-0.2, -0.15) is 16.8 Å². The van der Waals surface area contributed by atoms with Crippen LogP contribution in [0, 0.1) is 0 Å². The van der Waals surface area contributed by atoms with Crippen molar-refractivity contribution < 1.29 is 53.6 Å². The number of rotatable bonds is 0. The Balaban J connectivity index is -0.0000000457. The van der Waals surface area contributed by atoms with Crippen LogP contribution in [0.25, 0.3) is 0 Å². The fourth-order valence-electron chi connectivity index (χ4n) is 0. The van der Waals surface area contributed by atoms with Gasteiger partial charge in [-0.1, -0.05) is 0 Å². The standard InChI is InChI=1S/H3N.2H2O4S.V/c;2*1-5(2,3)4;/h1H3;2*(H2,1,2,3,4);. The molecule has 0 amide bonds. The third kappa shape index (κ3) is 11000. The van der Waals surface area contributed by atoms with Crippen LogP contribution in [-0.4, -0.2) is 35.0 Å². The fourth-order valence-corrected chi connectivity index (χ4v) is 0. The monoisotopic (exact) mass is 264 g/mol. The summed E-state index contributed by atoms with van der Waals surface area (Å²) in [5, 5.41) is 0. The first kappa shape index (κ1) is 22.8. The Labute approximate surface area is 80.8 Å². The summed E-state index contributed by atoms with van der Waals surface area (Å²) in [6.45, 7) is 0.